The molecule has 0 unspecified atom stereocenters. The van der Waals surface area contributed by atoms with Crippen molar-refractivity contribution in [2.24, 2.45) is 5.92 Å². The molecular formula is C39H41N5O10. The number of H-pyrrole nitrogens is 1. The molecule has 1 fully saturated rings. The van der Waals surface area contributed by atoms with E-state index in [0.717, 1.165) is 0 Å². The van der Waals surface area contributed by atoms with Crippen molar-refractivity contribution in [3.05, 3.63) is 124 Å². The van der Waals surface area contributed by atoms with Crippen LogP contribution in [0.15, 0.2) is 102 Å². The zero-order chi connectivity index (χ0) is 38.9. The Hall–Kier alpha value is -5.74. The molecular weight excluding hydrogens is 698 g/mol. The predicted octanol–water partition coefficient (Wildman–Crippen LogP) is 3.14. The van der Waals surface area contributed by atoms with Gasteiger partial charge in [0.1, 0.15) is 12.7 Å². The number of anilines is 1. The first-order chi connectivity index (χ1) is 25.8. The number of carboxylic acid groups (broad SMARTS) is 1. The molecule has 0 bridgehead atoms. The van der Waals surface area contributed by atoms with Crippen molar-refractivity contribution in [2.75, 3.05) is 26.6 Å². The number of fused-ring (bicyclic) bond motifs is 1. The second kappa shape index (κ2) is 14.6. The molecule has 0 radical (unpaired) electrons. The highest BCUT2D eigenvalue weighted by Crippen LogP contribution is 2.65. The van der Waals surface area contributed by atoms with E-state index in [0.29, 0.717) is 16.7 Å². The van der Waals surface area contributed by atoms with Gasteiger partial charge in [-0.05, 0) is 16.7 Å². The van der Waals surface area contributed by atoms with Gasteiger partial charge in [0.05, 0.1) is 24.6 Å². The average molecular weight is 740 g/mol. The monoisotopic (exact) mass is 739 g/mol. The summed E-state index contributed by atoms with van der Waals surface area (Å²) in [5.41, 5.74) is -0.147. The van der Waals surface area contributed by atoms with Gasteiger partial charge in [-0.3, -0.25) is 28.7 Å². The highest BCUT2D eigenvalue weighted by atomic mass is 16.8. The van der Waals surface area contributed by atoms with Gasteiger partial charge in [0.2, 0.25) is 17.3 Å². The summed E-state index contributed by atoms with van der Waals surface area (Å²) in [4.78, 5) is 63.9. The number of carbonyl (C=O) groups excluding carboxylic acids is 2. The van der Waals surface area contributed by atoms with Gasteiger partial charge in [-0.25, -0.2) is 4.98 Å². The molecule has 0 amide bonds. The maximum atomic E-state index is 14.8. The van der Waals surface area contributed by atoms with Gasteiger partial charge in [-0.15, -0.1) is 0 Å². The topological polar surface area (TPSA) is 218 Å². The number of nitrogens with zero attached hydrogens (tertiary/aromatic N) is 3. The quantitative estimate of drug-likeness (QED) is 0.0732. The molecule has 5 N–H and O–H groups in total. The summed E-state index contributed by atoms with van der Waals surface area (Å²) in [7, 11) is 2.47. The number of nitrogen functional groups attached to an aromatic ring is 1. The van der Waals surface area contributed by atoms with Crippen LogP contribution in [-0.4, -0.2) is 85.8 Å². The minimum Gasteiger partial charge on any atom is -0.481 e. The largest absolute Gasteiger partial charge is 0.481 e. The van der Waals surface area contributed by atoms with Crippen molar-refractivity contribution in [3.8, 4) is 0 Å². The van der Waals surface area contributed by atoms with Crippen LogP contribution in [0.25, 0.3) is 11.2 Å². The zero-order valence-electron chi connectivity index (χ0n) is 30.1. The van der Waals surface area contributed by atoms with E-state index >= 15 is 0 Å². The summed E-state index contributed by atoms with van der Waals surface area (Å²) in [5, 5.41) is 22.6. The lowest BCUT2D eigenvalue weighted by molar-refractivity contribution is -0.350. The molecule has 6 rings (SSSR count). The van der Waals surface area contributed by atoms with Crippen molar-refractivity contribution in [1.82, 2.24) is 19.5 Å². The first kappa shape index (κ1) is 38.0. The van der Waals surface area contributed by atoms with Crippen LogP contribution in [0.4, 0.5) is 5.95 Å². The molecule has 1 aliphatic heterocycles. The van der Waals surface area contributed by atoms with Gasteiger partial charge in [-0.1, -0.05) is 105 Å². The second-order valence-electron chi connectivity index (χ2n) is 13.2. The lowest BCUT2D eigenvalue weighted by Crippen LogP contribution is -2.75. The molecule has 282 valence electrons. The van der Waals surface area contributed by atoms with E-state index in [1.54, 1.807) is 50.2 Å². The first-order valence-electron chi connectivity index (χ1n) is 17.2. The van der Waals surface area contributed by atoms with Gasteiger partial charge < -0.3 is 34.9 Å². The summed E-state index contributed by atoms with van der Waals surface area (Å²) in [6, 6.07) is 27.3. The van der Waals surface area contributed by atoms with Crippen LogP contribution in [0.2, 0.25) is 0 Å². The SMILES string of the molecule is COC1(OC)[C@@](n2cnc3c(=O)[nH]c(N)nc32)(C(c2ccccc2)(c2ccccc2)c2ccccc2)O[C@H](COC(=O)CCC(=O)O)[C@]1(O)C(=O)C(C)C. The van der Waals surface area contributed by atoms with E-state index in [9.17, 15) is 29.4 Å². The van der Waals surface area contributed by atoms with E-state index < -0.39 is 77.3 Å². The van der Waals surface area contributed by atoms with E-state index in [1.807, 2.05) is 54.6 Å². The molecule has 0 aliphatic carbocycles. The van der Waals surface area contributed by atoms with Crippen LogP contribution in [0.3, 0.4) is 0 Å². The number of aliphatic hydroxyl groups is 1. The third kappa shape index (κ3) is 5.50. The van der Waals surface area contributed by atoms with E-state index in [4.69, 9.17) is 24.7 Å². The summed E-state index contributed by atoms with van der Waals surface area (Å²) >= 11 is 0. The van der Waals surface area contributed by atoms with Crippen LogP contribution < -0.4 is 11.3 Å². The third-order valence-electron chi connectivity index (χ3n) is 10.0. The van der Waals surface area contributed by atoms with Crippen molar-refractivity contribution >= 4 is 34.8 Å². The fraction of sp³-hybridized carbons (Fsp3) is 0.333. The Labute approximate surface area is 309 Å². The summed E-state index contributed by atoms with van der Waals surface area (Å²) in [6.07, 6.45) is -1.52. The number of esters is 1. The van der Waals surface area contributed by atoms with E-state index in [2.05, 4.69) is 15.0 Å². The van der Waals surface area contributed by atoms with Crippen molar-refractivity contribution < 1.29 is 43.5 Å². The number of ketones is 1. The number of nitrogens with one attached hydrogen (secondary N) is 1. The smallest absolute Gasteiger partial charge is 0.306 e. The maximum Gasteiger partial charge on any atom is 0.306 e. The minimum atomic E-state index is -2.81. The van der Waals surface area contributed by atoms with E-state index in [-0.39, 0.29) is 17.1 Å². The molecule has 3 atom stereocenters. The Morgan fingerprint density at radius 2 is 1.44 bits per heavy atom. The molecule has 15 nitrogen and oxygen atoms in total. The fourth-order valence-electron chi connectivity index (χ4n) is 7.92. The number of nitrogens with two attached hydrogens (primary N) is 1. The summed E-state index contributed by atoms with van der Waals surface area (Å²) in [6.45, 7) is 2.37. The average Bonchev–Trinajstić information content (AvgIpc) is 3.70. The lowest BCUT2D eigenvalue weighted by Gasteiger charge is -2.56. The Kier molecular flexibility index (Phi) is 10.3. The third-order valence-corrected chi connectivity index (χ3v) is 10.0. The molecule has 0 spiro atoms. The van der Waals surface area contributed by atoms with Crippen molar-refractivity contribution in [3.63, 3.8) is 0 Å². The summed E-state index contributed by atoms with van der Waals surface area (Å²) < 4.78 is 27.1. The Bertz CT molecular complexity index is 2110. The number of benzene rings is 3. The number of hydrogen-bond donors (Lipinski definition) is 4. The van der Waals surface area contributed by atoms with Gasteiger partial charge >= 0.3 is 11.9 Å². The summed E-state index contributed by atoms with van der Waals surface area (Å²) in [5.74, 6) is -6.73. The normalized spacial score (nSPS) is 21.0. The van der Waals surface area contributed by atoms with Gasteiger partial charge in [-0.2, -0.15) is 4.98 Å². The second-order valence-corrected chi connectivity index (χ2v) is 13.2. The number of methoxy groups -OCH3 is 2. The molecule has 54 heavy (non-hydrogen) atoms. The number of aromatic amines is 1. The molecule has 2 aromatic heterocycles. The van der Waals surface area contributed by atoms with Gasteiger partial charge in [0, 0.05) is 20.1 Å². The number of rotatable bonds is 14. The Morgan fingerprint density at radius 1 is 0.926 bits per heavy atom. The number of Topliss-reactive ketones (excluding diaryl/α,β-unsaturated/α-hetero) is 1. The Morgan fingerprint density at radius 3 is 1.91 bits per heavy atom. The molecule has 0 saturated carbocycles. The van der Waals surface area contributed by atoms with Crippen LogP contribution in [0.5, 0.6) is 0 Å². The number of carbonyl (C=O) groups is 3. The highest BCUT2D eigenvalue weighted by Gasteiger charge is 2.85. The molecule has 5 aromatic rings. The van der Waals surface area contributed by atoms with Crippen LogP contribution >= 0.6 is 0 Å². The lowest BCUT2D eigenvalue weighted by atomic mass is 9.58. The molecule has 1 aliphatic rings. The van der Waals surface area contributed by atoms with Crippen molar-refractivity contribution in [2.45, 2.75) is 55.3 Å². The number of hydrogen-bond acceptors (Lipinski definition) is 12. The number of aliphatic carboxylic acids is 1. The molecule has 3 heterocycles. The minimum absolute atomic E-state index is 0.125. The first-order valence-corrected chi connectivity index (χ1v) is 17.2. The van der Waals surface area contributed by atoms with Gasteiger partial charge in [0.25, 0.3) is 11.3 Å². The molecule has 15 heteroatoms. The molecule has 3 aromatic carbocycles. The number of imidazole rings is 1. The number of aromatic nitrogens is 4. The van der Waals surface area contributed by atoms with E-state index in [1.165, 1.54) is 25.1 Å². The maximum absolute atomic E-state index is 14.8. The van der Waals surface area contributed by atoms with Crippen LogP contribution in [0.1, 0.15) is 43.4 Å². The molecule has 1 saturated heterocycles. The predicted molar refractivity (Wildman–Crippen MR) is 194 cm³/mol. The van der Waals surface area contributed by atoms with Crippen LogP contribution in [0, 0.1) is 5.92 Å². The fourth-order valence-corrected chi connectivity index (χ4v) is 7.92. The van der Waals surface area contributed by atoms with Crippen molar-refractivity contribution in [1.29, 1.82) is 0 Å². The number of carboxylic acids is 1. The number of ether oxygens (including phenoxy) is 4. The standard InChI is InChI=1S/C39H41N5O10/c1-24(2)32(48)37(50)28(22-53-30(47)21-20-29(45)46)54-38(39(37,51-3)52-4,44-23-41-31-33(44)42-35(40)43-34(31)49)36(25-14-8-5-9-15-25,26-16-10-6-11-17-26)27-18-12-7-13-19-27/h5-19,23-24,28,50H,20-22H2,1-4H3,(H,45,46)(H3,40,42,43,49)/t28-,37+,38-/m1/s1. The highest BCUT2D eigenvalue weighted by molar-refractivity contribution is 5.92. The van der Waals surface area contributed by atoms with Gasteiger partial charge in [0.15, 0.2) is 16.9 Å². The zero-order valence-corrected chi connectivity index (χ0v) is 30.1. The Balaban J connectivity index is 1.86. The van der Waals surface area contributed by atoms with Crippen LogP contribution in [-0.2, 0) is 44.5 Å².